The molecule has 1 fully saturated rings. The number of alkyl halides is 3. The average molecular weight is 359 g/mol. The van der Waals surface area contributed by atoms with Crippen LogP contribution in [0.4, 0.5) is 19.0 Å². The van der Waals surface area contributed by atoms with Gasteiger partial charge in [-0.05, 0) is 30.7 Å². The van der Waals surface area contributed by atoms with Gasteiger partial charge in [0, 0.05) is 23.5 Å². The molecule has 24 heavy (non-hydrogen) atoms. The molecular weight excluding hydrogens is 345 g/mol. The van der Waals surface area contributed by atoms with Crippen LogP contribution in [-0.4, -0.2) is 35.3 Å². The minimum absolute atomic E-state index is 0.225. The monoisotopic (exact) mass is 358 g/mol. The predicted molar refractivity (Wildman–Crippen MR) is 84.4 cm³/mol. The summed E-state index contributed by atoms with van der Waals surface area (Å²) in [6.45, 7) is 1.19. The van der Waals surface area contributed by atoms with Crippen molar-refractivity contribution in [1.29, 1.82) is 0 Å². The van der Waals surface area contributed by atoms with E-state index in [4.69, 9.17) is 16.7 Å². The second kappa shape index (κ2) is 5.81. The Balaban J connectivity index is 1.99. The largest absolute Gasteiger partial charge is 0.481 e. The number of carbonyl (C=O) groups is 1. The van der Waals surface area contributed by atoms with Crippen molar-refractivity contribution < 1.29 is 23.1 Å². The third kappa shape index (κ3) is 2.88. The van der Waals surface area contributed by atoms with Crippen molar-refractivity contribution in [2.75, 3.05) is 18.0 Å². The first-order chi connectivity index (χ1) is 11.2. The summed E-state index contributed by atoms with van der Waals surface area (Å²) in [5.74, 6) is -4.53. The summed E-state index contributed by atoms with van der Waals surface area (Å²) < 4.78 is 39.3. The topological polar surface area (TPSA) is 53.4 Å². The number of halogens is 4. The molecule has 0 saturated carbocycles. The van der Waals surface area contributed by atoms with Crippen LogP contribution in [0.3, 0.4) is 0 Å². The molecule has 8 heteroatoms. The lowest BCUT2D eigenvalue weighted by atomic mass is 9.96. The highest BCUT2D eigenvalue weighted by atomic mass is 35.5. The number of rotatable bonds is 2. The predicted octanol–water partition coefficient (Wildman–Crippen LogP) is 3.90. The van der Waals surface area contributed by atoms with E-state index in [-0.39, 0.29) is 6.54 Å². The lowest BCUT2D eigenvalue weighted by Gasteiger charge is -2.19. The normalized spacial score (nSPS) is 21.5. The lowest BCUT2D eigenvalue weighted by Crippen LogP contribution is -2.33. The first-order valence-corrected chi connectivity index (χ1v) is 7.66. The number of benzene rings is 1. The summed E-state index contributed by atoms with van der Waals surface area (Å²) >= 11 is 6.11. The Bertz CT molecular complexity index is 810. The Hall–Kier alpha value is -2.02. The van der Waals surface area contributed by atoms with Gasteiger partial charge in [-0.15, -0.1) is 0 Å². The van der Waals surface area contributed by atoms with Crippen LogP contribution >= 0.6 is 11.6 Å². The second-order valence-electron chi connectivity index (χ2n) is 5.93. The molecule has 1 N–H and O–H groups in total. The number of carboxylic acid groups (broad SMARTS) is 1. The fourth-order valence-electron chi connectivity index (χ4n) is 3.06. The van der Waals surface area contributed by atoms with Gasteiger partial charge in [0.05, 0.1) is 17.4 Å². The Morgan fingerprint density at radius 3 is 2.58 bits per heavy atom. The van der Waals surface area contributed by atoms with Crippen molar-refractivity contribution in [2.45, 2.75) is 13.1 Å². The van der Waals surface area contributed by atoms with Crippen LogP contribution in [-0.2, 0) is 4.79 Å². The summed E-state index contributed by atoms with van der Waals surface area (Å²) in [7, 11) is 0. The number of aryl methyl sites for hydroxylation is 1. The van der Waals surface area contributed by atoms with E-state index in [2.05, 4.69) is 4.98 Å². The molecule has 0 unspecified atom stereocenters. The van der Waals surface area contributed by atoms with Gasteiger partial charge in [-0.25, -0.2) is 4.98 Å². The zero-order chi connectivity index (χ0) is 17.6. The Labute approximate surface area is 140 Å². The molecule has 0 bridgehead atoms. The van der Waals surface area contributed by atoms with Gasteiger partial charge in [0.15, 0.2) is 0 Å². The molecule has 1 aliphatic rings. The maximum atomic E-state index is 13.1. The van der Waals surface area contributed by atoms with Crippen LogP contribution in [0.25, 0.3) is 10.9 Å². The van der Waals surface area contributed by atoms with Gasteiger partial charge in [-0.2, -0.15) is 13.2 Å². The van der Waals surface area contributed by atoms with Crippen LogP contribution in [0.15, 0.2) is 24.3 Å². The number of hydrogen-bond acceptors (Lipinski definition) is 3. The Morgan fingerprint density at radius 1 is 1.29 bits per heavy atom. The maximum Gasteiger partial charge on any atom is 0.394 e. The molecular formula is C16H14ClF3N2O2. The van der Waals surface area contributed by atoms with E-state index in [9.17, 15) is 18.0 Å². The average Bonchev–Trinajstić information content (AvgIpc) is 2.96. The van der Waals surface area contributed by atoms with Gasteiger partial charge in [0.25, 0.3) is 0 Å². The van der Waals surface area contributed by atoms with Crippen molar-refractivity contribution >= 4 is 34.3 Å². The van der Waals surface area contributed by atoms with E-state index in [1.807, 2.05) is 6.92 Å². The first kappa shape index (κ1) is 16.8. The quantitative estimate of drug-likeness (QED) is 0.884. The lowest BCUT2D eigenvalue weighted by molar-refractivity contribution is -0.187. The standard InChI is InChI=1S/C16H14ClF3N2O2/c1-8-2-4-12(17)9-3-5-13(21-14(8)9)22-6-10(15(23)24)11(7-22)16(18,19)20/h2-5,10-11H,6-7H2,1H3,(H,23,24)/t10-,11-/m1/s1. The number of nitrogens with zero attached hydrogens (tertiary/aromatic N) is 2. The third-order valence-corrected chi connectivity index (χ3v) is 4.70. The number of fused-ring (bicyclic) bond motifs is 1. The summed E-state index contributed by atoms with van der Waals surface area (Å²) in [5, 5.41) is 10.3. The van der Waals surface area contributed by atoms with E-state index in [1.165, 1.54) is 4.90 Å². The summed E-state index contributed by atoms with van der Waals surface area (Å²) in [6.07, 6.45) is -4.56. The fraction of sp³-hybridized carbons (Fsp3) is 0.375. The van der Waals surface area contributed by atoms with Crippen molar-refractivity contribution in [3.8, 4) is 0 Å². The molecule has 1 aromatic carbocycles. The van der Waals surface area contributed by atoms with Crippen molar-refractivity contribution in [1.82, 2.24) is 4.98 Å². The molecule has 2 aromatic rings. The van der Waals surface area contributed by atoms with E-state index >= 15 is 0 Å². The van der Waals surface area contributed by atoms with E-state index in [0.717, 1.165) is 5.56 Å². The summed E-state index contributed by atoms with van der Waals surface area (Å²) in [5.41, 5.74) is 1.44. The van der Waals surface area contributed by atoms with Crippen molar-refractivity contribution in [3.63, 3.8) is 0 Å². The number of aliphatic carboxylic acids is 1. The van der Waals surface area contributed by atoms with Crippen molar-refractivity contribution in [3.05, 3.63) is 34.9 Å². The zero-order valence-corrected chi connectivity index (χ0v) is 13.4. The van der Waals surface area contributed by atoms with Crippen LogP contribution < -0.4 is 4.90 Å². The molecule has 1 aliphatic heterocycles. The Kier molecular flexibility index (Phi) is 4.07. The van der Waals surface area contributed by atoms with Gasteiger partial charge in [0.1, 0.15) is 5.82 Å². The highest BCUT2D eigenvalue weighted by Gasteiger charge is 2.52. The maximum absolute atomic E-state index is 13.1. The smallest absolute Gasteiger partial charge is 0.394 e. The van der Waals surface area contributed by atoms with E-state index in [0.29, 0.717) is 21.7 Å². The SMILES string of the molecule is Cc1ccc(Cl)c2ccc(N3C[C@@H](C(F)(F)F)[C@H](C(=O)O)C3)nc12. The van der Waals surface area contributed by atoms with Gasteiger partial charge in [0.2, 0.25) is 0 Å². The molecule has 3 rings (SSSR count). The first-order valence-electron chi connectivity index (χ1n) is 7.29. The van der Waals surface area contributed by atoms with Crippen LogP contribution in [0.5, 0.6) is 0 Å². The van der Waals surface area contributed by atoms with Gasteiger partial charge < -0.3 is 10.0 Å². The third-order valence-electron chi connectivity index (χ3n) is 4.37. The number of carboxylic acids is 1. The fourth-order valence-corrected chi connectivity index (χ4v) is 3.27. The molecule has 0 spiro atoms. The minimum atomic E-state index is -4.56. The van der Waals surface area contributed by atoms with Crippen LogP contribution in [0.2, 0.25) is 5.02 Å². The summed E-state index contributed by atoms with van der Waals surface area (Å²) in [4.78, 5) is 17.0. The van der Waals surface area contributed by atoms with E-state index < -0.39 is 30.5 Å². The second-order valence-corrected chi connectivity index (χ2v) is 6.33. The molecule has 4 nitrogen and oxygen atoms in total. The van der Waals surface area contributed by atoms with Gasteiger partial charge in [-0.1, -0.05) is 17.7 Å². The molecule has 0 aliphatic carbocycles. The molecule has 0 amide bonds. The van der Waals surface area contributed by atoms with Crippen molar-refractivity contribution in [2.24, 2.45) is 11.8 Å². The highest BCUT2D eigenvalue weighted by molar-refractivity contribution is 6.35. The molecule has 128 valence electrons. The molecule has 2 heterocycles. The number of aromatic nitrogens is 1. The molecule has 2 atom stereocenters. The molecule has 1 aromatic heterocycles. The highest BCUT2D eigenvalue weighted by Crippen LogP contribution is 2.39. The van der Waals surface area contributed by atoms with Gasteiger partial charge in [-0.3, -0.25) is 4.79 Å². The number of anilines is 1. The summed E-state index contributed by atoms with van der Waals surface area (Å²) in [6, 6.07) is 6.79. The van der Waals surface area contributed by atoms with E-state index in [1.54, 1.807) is 24.3 Å². The number of pyridine rings is 1. The van der Waals surface area contributed by atoms with Crippen LogP contribution in [0.1, 0.15) is 5.56 Å². The molecule has 1 saturated heterocycles. The minimum Gasteiger partial charge on any atom is -0.481 e. The van der Waals surface area contributed by atoms with Gasteiger partial charge >= 0.3 is 12.1 Å². The van der Waals surface area contributed by atoms with Crippen LogP contribution in [0, 0.1) is 18.8 Å². The Morgan fingerprint density at radius 2 is 2.00 bits per heavy atom. The molecule has 0 radical (unpaired) electrons. The zero-order valence-electron chi connectivity index (χ0n) is 12.6. The number of hydrogen-bond donors (Lipinski definition) is 1.